The van der Waals surface area contributed by atoms with Crippen LogP contribution in [0.25, 0.3) is 11.3 Å². The van der Waals surface area contributed by atoms with Gasteiger partial charge in [0.15, 0.2) is 0 Å². The molecule has 0 fully saturated rings. The number of hydrogen-bond donors (Lipinski definition) is 1. The minimum atomic E-state index is -1.32. The van der Waals surface area contributed by atoms with Crippen LogP contribution in [0.1, 0.15) is 0 Å². The van der Waals surface area contributed by atoms with Gasteiger partial charge in [0.05, 0.1) is 10.5 Å². The zero-order valence-electron chi connectivity index (χ0n) is 8.18. The molecule has 2 N–H and O–H groups in total. The van der Waals surface area contributed by atoms with Gasteiger partial charge in [-0.25, -0.2) is 4.39 Å². The van der Waals surface area contributed by atoms with E-state index in [0.717, 1.165) is 18.2 Å². The largest absolute Gasteiger partial charge is 0.368 e. The number of nitro benzene ring substituents is 1. The summed E-state index contributed by atoms with van der Waals surface area (Å²) in [7, 11) is 0. The zero-order valence-corrected chi connectivity index (χ0v) is 8.18. The SMILES string of the molecule is Nc1cc(-c2c(F)ccc([N+](=O)[O-])c2F)no1. The number of halogens is 2. The van der Waals surface area contributed by atoms with Crippen molar-refractivity contribution in [2.24, 2.45) is 0 Å². The molecule has 1 aromatic carbocycles. The van der Waals surface area contributed by atoms with Crippen molar-refractivity contribution in [3.8, 4) is 11.3 Å². The summed E-state index contributed by atoms with van der Waals surface area (Å²) < 4.78 is 31.5. The van der Waals surface area contributed by atoms with Crippen molar-refractivity contribution < 1.29 is 18.2 Å². The monoisotopic (exact) mass is 241 g/mol. The lowest BCUT2D eigenvalue weighted by molar-refractivity contribution is -0.387. The second-order valence-corrected chi connectivity index (χ2v) is 3.13. The summed E-state index contributed by atoms with van der Waals surface area (Å²) in [6, 6.07) is 2.59. The summed E-state index contributed by atoms with van der Waals surface area (Å²) in [5.74, 6) is -2.45. The van der Waals surface area contributed by atoms with Gasteiger partial charge in [0, 0.05) is 12.1 Å². The van der Waals surface area contributed by atoms with Gasteiger partial charge in [0.1, 0.15) is 11.5 Å². The molecule has 88 valence electrons. The summed E-state index contributed by atoms with van der Waals surface area (Å²) in [6.45, 7) is 0. The first kappa shape index (κ1) is 11.0. The summed E-state index contributed by atoms with van der Waals surface area (Å²) >= 11 is 0. The Balaban J connectivity index is 2.68. The van der Waals surface area contributed by atoms with Crippen molar-refractivity contribution in [1.82, 2.24) is 5.16 Å². The highest BCUT2D eigenvalue weighted by Gasteiger charge is 2.24. The highest BCUT2D eigenvalue weighted by atomic mass is 19.1. The number of benzene rings is 1. The maximum Gasteiger partial charge on any atom is 0.305 e. The quantitative estimate of drug-likeness (QED) is 0.641. The van der Waals surface area contributed by atoms with Crippen molar-refractivity contribution in [1.29, 1.82) is 0 Å². The fourth-order valence-corrected chi connectivity index (χ4v) is 1.32. The van der Waals surface area contributed by atoms with Crippen molar-refractivity contribution in [2.45, 2.75) is 0 Å². The second-order valence-electron chi connectivity index (χ2n) is 3.13. The molecule has 0 spiro atoms. The van der Waals surface area contributed by atoms with Gasteiger partial charge in [-0.3, -0.25) is 10.1 Å². The van der Waals surface area contributed by atoms with E-state index in [4.69, 9.17) is 5.73 Å². The van der Waals surface area contributed by atoms with Crippen LogP contribution < -0.4 is 5.73 Å². The van der Waals surface area contributed by atoms with Crippen molar-refractivity contribution in [3.63, 3.8) is 0 Å². The van der Waals surface area contributed by atoms with Crippen LogP contribution in [0.5, 0.6) is 0 Å². The van der Waals surface area contributed by atoms with Gasteiger partial charge in [-0.15, -0.1) is 0 Å². The molecule has 0 saturated carbocycles. The minimum Gasteiger partial charge on any atom is -0.368 e. The number of nitro groups is 1. The number of nitrogens with two attached hydrogens (primary N) is 1. The Hall–Kier alpha value is -2.51. The topological polar surface area (TPSA) is 95.2 Å². The van der Waals surface area contributed by atoms with Gasteiger partial charge in [-0.1, -0.05) is 5.16 Å². The standard InChI is InChI=1S/C9H5F2N3O3/c10-4-1-2-6(14(15)16)9(11)8(4)5-3-7(12)17-13-5/h1-3H,12H2. The lowest BCUT2D eigenvalue weighted by Crippen LogP contribution is -1.97. The molecule has 0 saturated heterocycles. The highest BCUT2D eigenvalue weighted by Crippen LogP contribution is 2.31. The Morgan fingerprint density at radius 3 is 2.65 bits per heavy atom. The molecule has 6 nitrogen and oxygen atoms in total. The van der Waals surface area contributed by atoms with Gasteiger partial charge in [-0.2, -0.15) is 4.39 Å². The maximum atomic E-state index is 13.7. The van der Waals surface area contributed by atoms with E-state index in [1.54, 1.807) is 0 Å². The minimum absolute atomic E-state index is 0.148. The molecule has 8 heteroatoms. The van der Waals surface area contributed by atoms with E-state index in [2.05, 4.69) is 9.68 Å². The van der Waals surface area contributed by atoms with Crippen molar-refractivity contribution in [2.75, 3.05) is 5.73 Å². The highest BCUT2D eigenvalue weighted by molar-refractivity contribution is 5.65. The van der Waals surface area contributed by atoms with Gasteiger partial charge < -0.3 is 10.3 Å². The van der Waals surface area contributed by atoms with Crippen LogP contribution >= 0.6 is 0 Å². The lowest BCUT2D eigenvalue weighted by atomic mass is 10.1. The first-order valence-corrected chi connectivity index (χ1v) is 4.35. The number of aromatic nitrogens is 1. The van der Waals surface area contributed by atoms with Crippen LogP contribution in [0.2, 0.25) is 0 Å². The molecule has 1 heterocycles. The average molecular weight is 241 g/mol. The molecule has 0 amide bonds. The fourth-order valence-electron chi connectivity index (χ4n) is 1.32. The molecule has 0 radical (unpaired) electrons. The third-order valence-electron chi connectivity index (χ3n) is 2.05. The number of anilines is 1. The van der Waals surface area contributed by atoms with E-state index in [1.807, 2.05) is 0 Å². The van der Waals surface area contributed by atoms with Crippen LogP contribution in [0.3, 0.4) is 0 Å². The van der Waals surface area contributed by atoms with E-state index in [9.17, 15) is 18.9 Å². The Morgan fingerprint density at radius 1 is 1.41 bits per heavy atom. The second kappa shape index (κ2) is 3.81. The average Bonchev–Trinajstić information content (AvgIpc) is 2.64. The zero-order chi connectivity index (χ0) is 12.6. The third-order valence-corrected chi connectivity index (χ3v) is 2.05. The number of hydrogen-bond acceptors (Lipinski definition) is 5. The maximum absolute atomic E-state index is 13.7. The summed E-state index contributed by atoms with van der Waals surface area (Å²) in [4.78, 5) is 9.54. The Bertz CT molecular complexity index is 597. The fraction of sp³-hybridized carbons (Fsp3) is 0. The van der Waals surface area contributed by atoms with Gasteiger partial charge in [-0.05, 0) is 6.07 Å². The van der Waals surface area contributed by atoms with Gasteiger partial charge >= 0.3 is 5.69 Å². The molecule has 0 unspecified atom stereocenters. The van der Waals surface area contributed by atoms with Gasteiger partial charge in [0.25, 0.3) is 0 Å². The van der Waals surface area contributed by atoms with Crippen LogP contribution in [0.15, 0.2) is 22.7 Å². The van der Waals surface area contributed by atoms with E-state index < -0.39 is 27.8 Å². The predicted octanol–water partition coefficient (Wildman–Crippen LogP) is 2.11. The first-order chi connectivity index (χ1) is 8.00. The smallest absolute Gasteiger partial charge is 0.305 e. The lowest BCUT2D eigenvalue weighted by Gasteiger charge is -2.01. The van der Waals surface area contributed by atoms with Gasteiger partial charge in [0.2, 0.25) is 11.7 Å². The molecule has 17 heavy (non-hydrogen) atoms. The molecule has 2 rings (SSSR count). The van der Waals surface area contributed by atoms with E-state index >= 15 is 0 Å². The number of nitrogens with zero attached hydrogens (tertiary/aromatic N) is 2. The van der Waals surface area contributed by atoms with E-state index in [1.165, 1.54) is 0 Å². The Kier molecular flexibility index (Phi) is 2.47. The molecule has 0 atom stereocenters. The predicted molar refractivity (Wildman–Crippen MR) is 52.9 cm³/mol. The Morgan fingerprint density at radius 2 is 2.12 bits per heavy atom. The Labute approximate surface area is 92.8 Å². The van der Waals surface area contributed by atoms with Crippen molar-refractivity contribution >= 4 is 11.6 Å². The first-order valence-electron chi connectivity index (χ1n) is 4.35. The number of nitrogen functional groups attached to an aromatic ring is 1. The molecular formula is C9H5F2N3O3. The molecule has 2 aromatic rings. The summed E-state index contributed by atoms with van der Waals surface area (Å²) in [5.41, 5.74) is 3.49. The normalized spacial score (nSPS) is 10.5. The van der Waals surface area contributed by atoms with Crippen LogP contribution in [0, 0.1) is 21.7 Å². The molecule has 1 aromatic heterocycles. The van der Waals surface area contributed by atoms with Crippen LogP contribution in [-0.4, -0.2) is 10.1 Å². The molecular weight excluding hydrogens is 236 g/mol. The summed E-state index contributed by atoms with van der Waals surface area (Å²) in [6.07, 6.45) is 0. The number of rotatable bonds is 2. The van der Waals surface area contributed by atoms with E-state index in [-0.39, 0.29) is 11.6 Å². The van der Waals surface area contributed by atoms with Crippen LogP contribution in [-0.2, 0) is 0 Å². The van der Waals surface area contributed by atoms with Crippen molar-refractivity contribution in [3.05, 3.63) is 39.9 Å². The third kappa shape index (κ3) is 1.80. The summed E-state index contributed by atoms with van der Waals surface area (Å²) in [5, 5.41) is 13.8. The molecule has 0 bridgehead atoms. The van der Waals surface area contributed by atoms with Crippen LogP contribution in [0.4, 0.5) is 20.4 Å². The molecule has 0 aliphatic carbocycles. The van der Waals surface area contributed by atoms with E-state index in [0.29, 0.717) is 0 Å². The molecule has 0 aliphatic rings. The molecule has 0 aliphatic heterocycles.